The van der Waals surface area contributed by atoms with E-state index in [1.165, 1.54) is 7.11 Å². The molecule has 1 unspecified atom stereocenters. The molecule has 1 aliphatic heterocycles. The molecule has 1 aromatic rings. The lowest BCUT2D eigenvalue weighted by Gasteiger charge is -2.37. The highest BCUT2D eigenvalue weighted by Crippen LogP contribution is 2.39. The van der Waals surface area contributed by atoms with E-state index in [1.54, 1.807) is 18.1 Å². The van der Waals surface area contributed by atoms with Crippen molar-refractivity contribution in [3.8, 4) is 11.5 Å². The maximum atomic E-state index is 12.8. The minimum atomic E-state index is -0.979. The number of carboxylic acids is 1. The molecule has 0 fully saturated rings. The molecule has 2 rings (SSSR count). The third kappa shape index (κ3) is 5.15. The average molecular weight is 392 g/mol. The number of nitrogens with one attached hydrogen (secondary N) is 1. The number of carbonyl (C=O) groups excluding carboxylic acids is 2. The van der Waals surface area contributed by atoms with E-state index in [0.29, 0.717) is 37.4 Å². The Labute approximate surface area is 164 Å². The van der Waals surface area contributed by atoms with Crippen molar-refractivity contribution in [2.45, 2.75) is 45.1 Å². The van der Waals surface area contributed by atoms with Gasteiger partial charge in [-0.15, -0.1) is 0 Å². The van der Waals surface area contributed by atoms with Gasteiger partial charge in [0, 0.05) is 25.9 Å². The second-order valence-corrected chi connectivity index (χ2v) is 6.66. The summed E-state index contributed by atoms with van der Waals surface area (Å²) in [5.41, 5.74) is 1.72. The number of hydrogen-bond acceptors (Lipinski definition) is 5. The van der Waals surface area contributed by atoms with E-state index in [9.17, 15) is 19.5 Å². The number of nitrogens with zero attached hydrogens (tertiary/aromatic N) is 1. The Morgan fingerprint density at radius 1 is 1.18 bits per heavy atom. The van der Waals surface area contributed by atoms with Crippen molar-refractivity contribution in [2.75, 3.05) is 27.3 Å². The number of ether oxygens (including phenoxy) is 2. The van der Waals surface area contributed by atoms with Crippen LogP contribution in [0.2, 0.25) is 0 Å². The molecule has 0 radical (unpaired) electrons. The third-order valence-electron chi connectivity index (χ3n) is 4.86. The summed E-state index contributed by atoms with van der Waals surface area (Å²) in [6.45, 7) is 2.83. The number of carbonyl (C=O) groups is 3. The van der Waals surface area contributed by atoms with Crippen LogP contribution in [-0.4, -0.2) is 55.1 Å². The van der Waals surface area contributed by atoms with Crippen LogP contribution in [0.1, 0.15) is 49.8 Å². The van der Waals surface area contributed by atoms with Gasteiger partial charge in [-0.05, 0) is 43.0 Å². The Morgan fingerprint density at radius 3 is 2.46 bits per heavy atom. The van der Waals surface area contributed by atoms with E-state index in [0.717, 1.165) is 11.1 Å². The third-order valence-corrected chi connectivity index (χ3v) is 4.86. The lowest BCUT2D eigenvalue weighted by molar-refractivity contribution is -0.141. The van der Waals surface area contributed by atoms with Crippen LogP contribution >= 0.6 is 0 Å². The Kier molecular flexibility index (Phi) is 7.66. The molecule has 0 aliphatic carbocycles. The Balaban J connectivity index is 2.20. The van der Waals surface area contributed by atoms with E-state index in [-0.39, 0.29) is 31.1 Å². The predicted molar refractivity (Wildman–Crippen MR) is 102 cm³/mol. The first-order chi connectivity index (χ1) is 13.4. The molecular weight excluding hydrogens is 364 g/mol. The summed E-state index contributed by atoms with van der Waals surface area (Å²) >= 11 is 0. The standard InChI is InChI=1S/C20H28N2O6/c1-4-21-18(23)6-5-7-19(24)22-9-8-13-10-16(27-2)17(28-3)11-14(13)15(22)12-20(25)26/h10-11,15H,4-9,12H2,1-3H3,(H,21,23)(H,25,26). The fraction of sp³-hybridized carbons (Fsp3) is 0.550. The molecule has 154 valence electrons. The molecule has 1 heterocycles. The van der Waals surface area contributed by atoms with E-state index < -0.39 is 12.0 Å². The first kappa shape index (κ1) is 21.5. The summed E-state index contributed by atoms with van der Waals surface area (Å²) in [6, 6.07) is 3.04. The Hall–Kier alpha value is -2.77. The number of aliphatic carboxylic acids is 1. The quantitative estimate of drug-likeness (QED) is 0.665. The molecule has 8 nitrogen and oxygen atoms in total. The van der Waals surface area contributed by atoms with Crippen LogP contribution in [0.3, 0.4) is 0 Å². The summed E-state index contributed by atoms with van der Waals surface area (Å²) in [5, 5.41) is 12.1. The van der Waals surface area contributed by atoms with Crippen LogP contribution in [0.15, 0.2) is 12.1 Å². The lowest BCUT2D eigenvalue weighted by atomic mass is 9.89. The zero-order chi connectivity index (χ0) is 20.7. The first-order valence-electron chi connectivity index (χ1n) is 9.44. The summed E-state index contributed by atoms with van der Waals surface area (Å²) in [7, 11) is 3.07. The number of hydrogen-bond donors (Lipinski definition) is 2. The van der Waals surface area contributed by atoms with Crippen LogP contribution < -0.4 is 14.8 Å². The van der Waals surface area contributed by atoms with Crippen LogP contribution in [0.5, 0.6) is 11.5 Å². The first-order valence-corrected chi connectivity index (χ1v) is 9.44. The van der Waals surface area contributed by atoms with E-state index >= 15 is 0 Å². The largest absolute Gasteiger partial charge is 0.493 e. The topological polar surface area (TPSA) is 105 Å². The van der Waals surface area contributed by atoms with Gasteiger partial charge in [-0.2, -0.15) is 0 Å². The maximum Gasteiger partial charge on any atom is 0.305 e. The van der Waals surface area contributed by atoms with Gasteiger partial charge in [-0.25, -0.2) is 0 Å². The van der Waals surface area contributed by atoms with E-state index in [1.807, 2.05) is 13.0 Å². The minimum absolute atomic E-state index is 0.0850. The van der Waals surface area contributed by atoms with Crippen molar-refractivity contribution in [1.82, 2.24) is 10.2 Å². The number of benzene rings is 1. The van der Waals surface area contributed by atoms with Gasteiger partial charge < -0.3 is 24.8 Å². The van der Waals surface area contributed by atoms with Crippen molar-refractivity contribution in [3.63, 3.8) is 0 Å². The van der Waals surface area contributed by atoms with Crippen LogP contribution in [0.25, 0.3) is 0 Å². The molecular formula is C20H28N2O6. The summed E-state index contributed by atoms with van der Waals surface area (Å²) in [4.78, 5) is 37.4. The monoisotopic (exact) mass is 392 g/mol. The van der Waals surface area contributed by atoms with Crippen molar-refractivity contribution < 1.29 is 29.0 Å². The smallest absolute Gasteiger partial charge is 0.305 e. The van der Waals surface area contributed by atoms with Crippen molar-refractivity contribution >= 4 is 17.8 Å². The summed E-state index contributed by atoms with van der Waals surface area (Å²) in [5.74, 6) is -0.124. The lowest BCUT2D eigenvalue weighted by Crippen LogP contribution is -2.41. The zero-order valence-electron chi connectivity index (χ0n) is 16.6. The molecule has 0 spiro atoms. The molecule has 28 heavy (non-hydrogen) atoms. The molecule has 8 heteroatoms. The van der Waals surface area contributed by atoms with Gasteiger partial charge in [0.05, 0.1) is 26.7 Å². The van der Waals surface area contributed by atoms with E-state index in [4.69, 9.17) is 9.47 Å². The van der Waals surface area contributed by atoms with Crippen molar-refractivity contribution in [3.05, 3.63) is 23.3 Å². The average Bonchev–Trinajstić information content (AvgIpc) is 2.66. The highest BCUT2D eigenvalue weighted by molar-refractivity contribution is 5.80. The molecule has 1 aromatic carbocycles. The van der Waals surface area contributed by atoms with Crippen molar-refractivity contribution in [2.24, 2.45) is 0 Å². The van der Waals surface area contributed by atoms with Crippen LogP contribution in [0.4, 0.5) is 0 Å². The van der Waals surface area contributed by atoms with Crippen LogP contribution in [-0.2, 0) is 20.8 Å². The fourth-order valence-corrected chi connectivity index (χ4v) is 3.54. The molecule has 1 atom stereocenters. The second kappa shape index (κ2) is 9.96. The molecule has 0 aromatic heterocycles. The SMILES string of the molecule is CCNC(=O)CCCC(=O)N1CCc2cc(OC)c(OC)cc2C1CC(=O)O. The Bertz CT molecular complexity index is 734. The molecule has 2 amide bonds. The predicted octanol–water partition coefficient (Wildman–Crippen LogP) is 1.91. The number of methoxy groups -OCH3 is 2. The molecule has 1 aliphatic rings. The molecule has 2 N–H and O–H groups in total. The van der Waals surface area contributed by atoms with Gasteiger partial charge in [0.1, 0.15) is 0 Å². The summed E-state index contributed by atoms with van der Waals surface area (Å²) in [6.07, 6.45) is 1.33. The highest BCUT2D eigenvalue weighted by Gasteiger charge is 2.33. The van der Waals surface area contributed by atoms with Gasteiger partial charge in [-0.1, -0.05) is 0 Å². The van der Waals surface area contributed by atoms with Gasteiger partial charge in [-0.3, -0.25) is 14.4 Å². The zero-order valence-corrected chi connectivity index (χ0v) is 16.6. The van der Waals surface area contributed by atoms with E-state index in [2.05, 4.69) is 5.32 Å². The number of rotatable bonds is 9. The van der Waals surface area contributed by atoms with Gasteiger partial charge in [0.2, 0.25) is 11.8 Å². The van der Waals surface area contributed by atoms with Crippen LogP contribution in [0, 0.1) is 0 Å². The minimum Gasteiger partial charge on any atom is -0.493 e. The molecule has 0 saturated heterocycles. The fourth-order valence-electron chi connectivity index (χ4n) is 3.54. The van der Waals surface area contributed by atoms with Gasteiger partial charge in [0.15, 0.2) is 11.5 Å². The molecule has 0 saturated carbocycles. The maximum absolute atomic E-state index is 12.8. The number of carboxylic acid groups (broad SMARTS) is 1. The summed E-state index contributed by atoms with van der Waals surface area (Å²) < 4.78 is 10.7. The number of fused-ring (bicyclic) bond motifs is 1. The second-order valence-electron chi connectivity index (χ2n) is 6.66. The molecule has 0 bridgehead atoms. The van der Waals surface area contributed by atoms with Gasteiger partial charge >= 0.3 is 5.97 Å². The number of amides is 2. The normalized spacial score (nSPS) is 15.5. The Morgan fingerprint density at radius 2 is 1.86 bits per heavy atom. The highest BCUT2D eigenvalue weighted by atomic mass is 16.5. The van der Waals surface area contributed by atoms with Crippen molar-refractivity contribution in [1.29, 1.82) is 0 Å². The van der Waals surface area contributed by atoms with Gasteiger partial charge in [0.25, 0.3) is 0 Å².